The lowest BCUT2D eigenvalue weighted by Gasteiger charge is -2.13. The summed E-state index contributed by atoms with van der Waals surface area (Å²) in [6, 6.07) is 17.8. The standard InChI is InChI=1S/C28H24FN3O5/c1-16-5-3-4-6-20(16)21-9-8-18(13-19(21)15-36-2)26-30-24(32-37-26)17-7-10-22(23(29)14-17)25(33)31-28(11-12-28)27(34)35/h3-10,13-14H,11-12,15H2,1-2H3,(H,31,33)(H,34,35). The number of carboxylic acid groups (broad SMARTS) is 1. The number of nitrogens with zero attached hydrogens (tertiary/aromatic N) is 2. The van der Waals surface area contributed by atoms with Crippen LogP contribution < -0.4 is 5.32 Å². The smallest absolute Gasteiger partial charge is 0.329 e. The van der Waals surface area contributed by atoms with Gasteiger partial charge in [-0.2, -0.15) is 4.98 Å². The van der Waals surface area contributed by atoms with Gasteiger partial charge in [-0.05, 0) is 66.3 Å². The lowest BCUT2D eigenvalue weighted by atomic mass is 9.94. The van der Waals surface area contributed by atoms with E-state index < -0.39 is 23.2 Å². The van der Waals surface area contributed by atoms with Crippen LogP contribution in [0.25, 0.3) is 34.0 Å². The molecule has 0 atom stereocenters. The maximum absolute atomic E-state index is 14.8. The Morgan fingerprint density at radius 1 is 1.08 bits per heavy atom. The van der Waals surface area contributed by atoms with Crippen LogP contribution in [0.1, 0.15) is 34.3 Å². The third kappa shape index (κ3) is 4.73. The van der Waals surface area contributed by atoms with Gasteiger partial charge in [-0.15, -0.1) is 0 Å². The van der Waals surface area contributed by atoms with E-state index in [2.05, 4.69) is 21.5 Å². The van der Waals surface area contributed by atoms with Crippen molar-refractivity contribution >= 4 is 11.9 Å². The Bertz CT molecular complexity index is 1510. The number of aliphatic carboxylic acids is 1. The number of carbonyl (C=O) groups is 2. The van der Waals surface area contributed by atoms with Gasteiger partial charge in [-0.1, -0.05) is 41.6 Å². The van der Waals surface area contributed by atoms with Crippen LogP contribution in [0.3, 0.4) is 0 Å². The number of aromatic nitrogens is 2. The minimum atomic E-state index is -1.30. The van der Waals surface area contributed by atoms with Crippen LogP contribution in [0, 0.1) is 12.7 Å². The van der Waals surface area contributed by atoms with Gasteiger partial charge in [0.25, 0.3) is 11.8 Å². The third-order valence-electron chi connectivity index (χ3n) is 6.50. The fourth-order valence-electron chi connectivity index (χ4n) is 4.24. The summed E-state index contributed by atoms with van der Waals surface area (Å²) in [4.78, 5) is 28.2. The molecular formula is C28H24FN3O5. The molecule has 0 unspecified atom stereocenters. The van der Waals surface area contributed by atoms with Crippen molar-refractivity contribution in [1.82, 2.24) is 15.5 Å². The second-order valence-electron chi connectivity index (χ2n) is 9.08. The Kier molecular flexibility index (Phi) is 6.31. The van der Waals surface area contributed by atoms with Gasteiger partial charge < -0.3 is 19.7 Å². The molecule has 0 radical (unpaired) electrons. The molecule has 5 rings (SSSR count). The van der Waals surface area contributed by atoms with Crippen LogP contribution in [0.15, 0.2) is 65.2 Å². The molecule has 8 nitrogen and oxygen atoms in total. The molecule has 1 saturated carbocycles. The summed E-state index contributed by atoms with van der Waals surface area (Å²) in [6.45, 7) is 2.44. The average molecular weight is 502 g/mol. The summed E-state index contributed by atoms with van der Waals surface area (Å²) < 4.78 is 25.6. The highest BCUT2D eigenvalue weighted by Gasteiger charge is 2.51. The first-order valence-corrected chi connectivity index (χ1v) is 11.7. The van der Waals surface area contributed by atoms with E-state index >= 15 is 0 Å². The second kappa shape index (κ2) is 9.59. The van der Waals surface area contributed by atoms with Crippen molar-refractivity contribution in [3.05, 3.63) is 83.2 Å². The highest BCUT2D eigenvalue weighted by Crippen LogP contribution is 2.36. The number of benzene rings is 3. The zero-order valence-electron chi connectivity index (χ0n) is 20.2. The van der Waals surface area contributed by atoms with Crippen LogP contribution in [-0.2, 0) is 16.1 Å². The topological polar surface area (TPSA) is 115 Å². The van der Waals surface area contributed by atoms with Gasteiger partial charge in [0.15, 0.2) is 0 Å². The maximum Gasteiger partial charge on any atom is 0.329 e. The molecule has 1 aliphatic carbocycles. The Hall–Kier alpha value is -4.37. The molecule has 0 saturated heterocycles. The summed E-state index contributed by atoms with van der Waals surface area (Å²) in [5.74, 6) is -2.31. The molecule has 1 fully saturated rings. The minimum Gasteiger partial charge on any atom is -0.480 e. The highest BCUT2D eigenvalue weighted by molar-refractivity contribution is 5.99. The molecule has 37 heavy (non-hydrogen) atoms. The maximum atomic E-state index is 14.8. The Balaban J connectivity index is 1.40. The molecule has 188 valence electrons. The number of rotatable bonds is 8. The Labute approximate surface area is 212 Å². The van der Waals surface area contributed by atoms with E-state index in [0.717, 1.165) is 28.3 Å². The molecule has 2 N–H and O–H groups in total. The molecular weight excluding hydrogens is 477 g/mol. The van der Waals surface area contributed by atoms with Gasteiger partial charge in [0.1, 0.15) is 11.4 Å². The molecule has 0 aliphatic heterocycles. The van der Waals surface area contributed by atoms with Crippen molar-refractivity contribution < 1.29 is 28.3 Å². The molecule has 9 heteroatoms. The van der Waals surface area contributed by atoms with E-state index in [-0.39, 0.29) is 17.3 Å². The van der Waals surface area contributed by atoms with E-state index in [1.165, 1.54) is 12.1 Å². The van der Waals surface area contributed by atoms with Crippen LogP contribution in [0.5, 0.6) is 0 Å². The van der Waals surface area contributed by atoms with Crippen LogP contribution >= 0.6 is 0 Å². The van der Waals surface area contributed by atoms with Gasteiger partial charge in [0.05, 0.1) is 12.2 Å². The summed E-state index contributed by atoms with van der Waals surface area (Å²) in [6.07, 6.45) is 0.634. The number of ether oxygens (including phenoxy) is 1. The molecule has 1 amide bonds. The van der Waals surface area contributed by atoms with Gasteiger partial charge in [0, 0.05) is 18.2 Å². The molecule has 1 aromatic heterocycles. The lowest BCUT2D eigenvalue weighted by molar-refractivity contribution is -0.140. The normalized spacial score (nSPS) is 13.8. The van der Waals surface area contributed by atoms with Crippen molar-refractivity contribution in [3.63, 3.8) is 0 Å². The van der Waals surface area contributed by atoms with Crippen molar-refractivity contribution in [3.8, 4) is 34.0 Å². The number of methoxy groups -OCH3 is 1. The summed E-state index contributed by atoms with van der Waals surface area (Å²) >= 11 is 0. The molecule has 1 aliphatic rings. The lowest BCUT2D eigenvalue weighted by Crippen LogP contribution is -2.43. The number of halogens is 1. The molecule has 0 bridgehead atoms. The molecule has 3 aromatic carbocycles. The number of aryl methyl sites for hydroxylation is 1. The number of carbonyl (C=O) groups excluding carboxylic acids is 1. The summed E-state index contributed by atoms with van der Waals surface area (Å²) in [5, 5.41) is 15.6. The Morgan fingerprint density at radius 2 is 1.84 bits per heavy atom. The van der Waals surface area contributed by atoms with Crippen molar-refractivity contribution in [1.29, 1.82) is 0 Å². The van der Waals surface area contributed by atoms with Gasteiger partial charge in [-0.25, -0.2) is 9.18 Å². The van der Waals surface area contributed by atoms with Crippen LogP contribution in [-0.4, -0.2) is 39.8 Å². The number of carboxylic acids is 1. The number of hydrogen-bond acceptors (Lipinski definition) is 6. The van der Waals surface area contributed by atoms with Gasteiger partial charge >= 0.3 is 5.97 Å². The van der Waals surface area contributed by atoms with Crippen molar-refractivity contribution in [2.75, 3.05) is 7.11 Å². The van der Waals surface area contributed by atoms with Gasteiger partial charge in [0.2, 0.25) is 5.82 Å². The largest absolute Gasteiger partial charge is 0.480 e. The quantitative estimate of drug-likeness (QED) is 0.349. The monoisotopic (exact) mass is 501 g/mol. The van der Waals surface area contributed by atoms with E-state index in [9.17, 15) is 19.1 Å². The zero-order chi connectivity index (χ0) is 26.2. The van der Waals surface area contributed by atoms with E-state index in [1.54, 1.807) is 7.11 Å². The van der Waals surface area contributed by atoms with Crippen LogP contribution in [0.2, 0.25) is 0 Å². The first kappa shape index (κ1) is 24.3. The predicted molar refractivity (Wildman–Crippen MR) is 133 cm³/mol. The van der Waals surface area contributed by atoms with E-state index in [4.69, 9.17) is 9.26 Å². The van der Waals surface area contributed by atoms with Crippen LogP contribution in [0.4, 0.5) is 4.39 Å². The van der Waals surface area contributed by atoms with E-state index in [0.29, 0.717) is 30.6 Å². The van der Waals surface area contributed by atoms with Crippen molar-refractivity contribution in [2.24, 2.45) is 0 Å². The highest BCUT2D eigenvalue weighted by atomic mass is 19.1. The minimum absolute atomic E-state index is 0.154. The predicted octanol–water partition coefficient (Wildman–Crippen LogP) is 5.01. The zero-order valence-corrected chi connectivity index (χ0v) is 20.2. The number of amides is 1. The SMILES string of the molecule is COCc1cc(-c2nc(-c3ccc(C(=O)NC4(C(=O)O)CC4)c(F)c3)no2)ccc1-c1ccccc1C. The second-order valence-corrected chi connectivity index (χ2v) is 9.08. The summed E-state index contributed by atoms with van der Waals surface area (Å²) in [5.41, 5.74) is 3.67. The fraction of sp³-hybridized carbons (Fsp3) is 0.214. The Morgan fingerprint density at radius 3 is 2.51 bits per heavy atom. The number of nitrogens with one attached hydrogen (secondary N) is 1. The number of hydrogen-bond donors (Lipinski definition) is 2. The third-order valence-corrected chi connectivity index (χ3v) is 6.50. The van der Waals surface area contributed by atoms with Crippen molar-refractivity contribution in [2.45, 2.75) is 31.9 Å². The van der Waals surface area contributed by atoms with Gasteiger partial charge in [-0.3, -0.25) is 4.79 Å². The fourth-order valence-corrected chi connectivity index (χ4v) is 4.24. The molecule has 0 spiro atoms. The van der Waals surface area contributed by atoms with E-state index in [1.807, 2.05) is 43.3 Å². The first-order chi connectivity index (χ1) is 17.8. The summed E-state index contributed by atoms with van der Waals surface area (Å²) in [7, 11) is 1.63. The average Bonchev–Trinajstić information content (AvgIpc) is 3.50. The first-order valence-electron chi connectivity index (χ1n) is 11.7. The molecule has 4 aromatic rings. The molecule has 1 heterocycles.